The quantitative estimate of drug-likeness (QED) is 0.273. The normalized spacial score (nSPS) is 15.2. The van der Waals surface area contributed by atoms with Crippen LogP contribution in [0.15, 0.2) is 94.7 Å². The molecule has 1 heterocycles. The van der Waals surface area contributed by atoms with E-state index in [4.69, 9.17) is 11.6 Å². The van der Waals surface area contributed by atoms with Crippen LogP contribution in [0.4, 0.5) is 11.4 Å². The van der Waals surface area contributed by atoms with Gasteiger partial charge in [0.25, 0.3) is 15.9 Å². The number of benzene rings is 4. The average Bonchev–Trinajstić information content (AvgIpc) is 2.94. The van der Waals surface area contributed by atoms with Gasteiger partial charge in [-0.25, -0.2) is 16.8 Å². The van der Waals surface area contributed by atoms with Gasteiger partial charge in [-0.3, -0.25) is 9.52 Å². The van der Waals surface area contributed by atoms with Crippen molar-refractivity contribution < 1.29 is 21.6 Å². The summed E-state index contributed by atoms with van der Waals surface area (Å²) in [6, 6.07) is 22.6. The second kappa shape index (κ2) is 11.2. The van der Waals surface area contributed by atoms with E-state index in [2.05, 4.69) is 17.0 Å². The zero-order valence-corrected chi connectivity index (χ0v) is 24.1. The lowest BCUT2D eigenvalue weighted by molar-refractivity contribution is 0.102. The van der Waals surface area contributed by atoms with Gasteiger partial charge >= 0.3 is 0 Å². The fourth-order valence-corrected chi connectivity index (χ4v) is 7.43. The van der Waals surface area contributed by atoms with Crippen molar-refractivity contribution in [3.63, 3.8) is 0 Å². The number of sulfonamides is 2. The number of anilines is 2. The van der Waals surface area contributed by atoms with Crippen molar-refractivity contribution in [3.05, 3.63) is 95.5 Å². The van der Waals surface area contributed by atoms with Gasteiger partial charge in [-0.05, 0) is 72.7 Å². The fourth-order valence-electron chi connectivity index (χ4n) is 4.65. The average molecular weight is 598 g/mol. The molecule has 0 aromatic heterocycles. The van der Waals surface area contributed by atoms with Gasteiger partial charge in [0.05, 0.1) is 26.1 Å². The Morgan fingerprint density at radius 3 is 2.23 bits per heavy atom. The van der Waals surface area contributed by atoms with Crippen LogP contribution in [-0.4, -0.2) is 40.1 Å². The van der Waals surface area contributed by atoms with E-state index < -0.39 is 26.0 Å². The Labute approximate surface area is 239 Å². The number of amides is 1. The minimum Gasteiger partial charge on any atom is -0.322 e. The smallest absolute Gasteiger partial charge is 0.261 e. The molecule has 0 radical (unpaired) electrons. The first-order valence-electron chi connectivity index (χ1n) is 12.8. The molecule has 11 heteroatoms. The summed E-state index contributed by atoms with van der Waals surface area (Å²) in [4.78, 5) is 13.1. The van der Waals surface area contributed by atoms with E-state index in [0.717, 1.165) is 23.6 Å². The Bertz CT molecular complexity index is 1780. The molecule has 4 aromatic rings. The van der Waals surface area contributed by atoms with Gasteiger partial charge in [0.1, 0.15) is 0 Å². The lowest BCUT2D eigenvalue weighted by Crippen LogP contribution is -2.37. The van der Waals surface area contributed by atoms with E-state index in [1.54, 1.807) is 12.1 Å². The number of nitrogens with zero attached hydrogens (tertiary/aromatic N) is 1. The number of rotatable bonds is 7. The van der Waals surface area contributed by atoms with Crippen LogP contribution >= 0.6 is 11.6 Å². The summed E-state index contributed by atoms with van der Waals surface area (Å²) >= 11 is 6.26. The van der Waals surface area contributed by atoms with Crippen LogP contribution in [0, 0.1) is 5.92 Å². The van der Waals surface area contributed by atoms with Crippen molar-refractivity contribution in [3.8, 4) is 0 Å². The molecule has 4 aromatic carbocycles. The van der Waals surface area contributed by atoms with Crippen molar-refractivity contribution in [2.24, 2.45) is 5.92 Å². The van der Waals surface area contributed by atoms with E-state index in [9.17, 15) is 21.6 Å². The van der Waals surface area contributed by atoms with Gasteiger partial charge < -0.3 is 5.32 Å². The van der Waals surface area contributed by atoms with E-state index in [-0.39, 0.29) is 20.4 Å². The van der Waals surface area contributed by atoms with E-state index >= 15 is 0 Å². The third-order valence-electron chi connectivity index (χ3n) is 7.02. The largest absolute Gasteiger partial charge is 0.322 e. The van der Waals surface area contributed by atoms with Crippen LogP contribution in [0.2, 0.25) is 5.02 Å². The molecule has 1 aliphatic heterocycles. The molecule has 0 saturated carbocycles. The summed E-state index contributed by atoms with van der Waals surface area (Å²) in [5.74, 6) is -0.146. The molecule has 1 amide bonds. The Morgan fingerprint density at radius 1 is 0.850 bits per heavy atom. The Kier molecular flexibility index (Phi) is 7.87. The van der Waals surface area contributed by atoms with Crippen molar-refractivity contribution in [2.75, 3.05) is 23.1 Å². The molecule has 208 valence electrons. The Hall–Kier alpha value is -3.44. The van der Waals surface area contributed by atoms with E-state index in [1.165, 1.54) is 46.8 Å². The van der Waals surface area contributed by atoms with Crippen molar-refractivity contribution in [2.45, 2.75) is 29.6 Å². The zero-order chi connectivity index (χ0) is 28.5. The van der Waals surface area contributed by atoms with Crippen molar-refractivity contribution in [1.29, 1.82) is 0 Å². The molecule has 8 nitrogen and oxygen atoms in total. The van der Waals surface area contributed by atoms with Crippen LogP contribution in [0.3, 0.4) is 0 Å². The molecule has 0 bridgehead atoms. The molecule has 2 N–H and O–H groups in total. The van der Waals surface area contributed by atoms with Crippen LogP contribution in [0.25, 0.3) is 10.8 Å². The molecule has 1 aliphatic rings. The van der Waals surface area contributed by atoms with Crippen molar-refractivity contribution >= 4 is 59.7 Å². The van der Waals surface area contributed by atoms with Crippen LogP contribution in [-0.2, 0) is 20.0 Å². The SMILES string of the molecule is CC1CCN(S(=O)(=O)c2ccc(Cl)c(C(=O)Nc3ccc(S(=O)(=O)Nc4cccc5ccccc45)cc3)c2)CC1. The standard InChI is InChI=1S/C29H28ClN3O5S2/c1-20-15-17-33(18-16-20)40(37,38)24-13-14-27(30)26(19-24)29(34)31-22-9-11-23(12-10-22)39(35,36)32-28-8-4-6-21-5-2-3-7-25(21)28/h2-14,19-20,32H,15-18H2,1H3,(H,31,34). The van der Waals surface area contributed by atoms with Crippen LogP contribution in [0.5, 0.6) is 0 Å². The van der Waals surface area contributed by atoms with E-state index in [0.29, 0.717) is 30.4 Å². The molecule has 5 rings (SSSR count). The molecule has 0 atom stereocenters. The van der Waals surface area contributed by atoms with Crippen LogP contribution < -0.4 is 10.0 Å². The second-order valence-corrected chi connectivity index (χ2v) is 13.9. The zero-order valence-electron chi connectivity index (χ0n) is 21.7. The van der Waals surface area contributed by atoms with Crippen LogP contribution in [0.1, 0.15) is 30.1 Å². The summed E-state index contributed by atoms with van der Waals surface area (Å²) in [7, 11) is -7.67. The van der Waals surface area contributed by atoms with E-state index in [1.807, 2.05) is 30.3 Å². The molecular weight excluding hydrogens is 570 g/mol. The summed E-state index contributed by atoms with van der Waals surface area (Å²) in [5, 5.41) is 4.44. The third-order valence-corrected chi connectivity index (χ3v) is 10.6. The maximum Gasteiger partial charge on any atom is 0.261 e. The molecule has 1 saturated heterocycles. The number of carbonyl (C=O) groups excluding carboxylic acids is 1. The van der Waals surface area contributed by atoms with Gasteiger partial charge in [-0.1, -0.05) is 54.9 Å². The highest BCUT2D eigenvalue weighted by atomic mass is 35.5. The summed E-state index contributed by atoms with van der Waals surface area (Å²) < 4.78 is 56.5. The number of piperidine rings is 1. The first-order valence-corrected chi connectivity index (χ1v) is 16.1. The lowest BCUT2D eigenvalue weighted by atomic mass is 10.0. The summed E-state index contributed by atoms with van der Waals surface area (Å²) in [6.45, 7) is 2.95. The maximum absolute atomic E-state index is 13.2. The van der Waals surface area contributed by atoms with Gasteiger partial charge in [-0.2, -0.15) is 4.31 Å². The molecular formula is C29H28ClN3O5S2. The second-order valence-electron chi connectivity index (χ2n) is 9.84. The number of hydrogen-bond acceptors (Lipinski definition) is 5. The minimum absolute atomic E-state index is 0.00226. The molecule has 1 fully saturated rings. The van der Waals surface area contributed by atoms with Gasteiger partial charge in [-0.15, -0.1) is 0 Å². The molecule has 0 aliphatic carbocycles. The number of halogens is 1. The monoisotopic (exact) mass is 597 g/mol. The third kappa shape index (κ3) is 5.85. The van der Waals surface area contributed by atoms with Gasteiger partial charge in [0, 0.05) is 24.2 Å². The van der Waals surface area contributed by atoms with Crippen molar-refractivity contribution in [1.82, 2.24) is 4.31 Å². The van der Waals surface area contributed by atoms with Gasteiger partial charge in [0.2, 0.25) is 10.0 Å². The molecule has 0 spiro atoms. The molecule has 40 heavy (non-hydrogen) atoms. The highest BCUT2D eigenvalue weighted by Gasteiger charge is 2.29. The lowest BCUT2D eigenvalue weighted by Gasteiger charge is -2.29. The number of fused-ring (bicyclic) bond motifs is 1. The predicted octanol–water partition coefficient (Wildman–Crippen LogP) is 5.97. The first kappa shape index (κ1) is 28.1. The highest BCUT2D eigenvalue weighted by molar-refractivity contribution is 7.92. The minimum atomic E-state index is -3.90. The number of hydrogen-bond donors (Lipinski definition) is 2. The number of nitrogens with one attached hydrogen (secondary N) is 2. The summed E-state index contributed by atoms with van der Waals surface area (Å²) in [5.41, 5.74) is 0.782. The Balaban J connectivity index is 1.32. The number of carbonyl (C=O) groups is 1. The molecule has 0 unspecified atom stereocenters. The predicted molar refractivity (Wildman–Crippen MR) is 158 cm³/mol. The topological polar surface area (TPSA) is 113 Å². The van der Waals surface area contributed by atoms with Gasteiger partial charge in [0.15, 0.2) is 0 Å². The first-order chi connectivity index (χ1) is 19.0. The fraction of sp³-hybridized carbons (Fsp3) is 0.207. The summed E-state index contributed by atoms with van der Waals surface area (Å²) in [6.07, 6.45) is 1.56. The Morgan fingerprint density at radius 2 is 1.50 bits per heavy atom. The maximum atomic E-state index is 13.2. The highest BCUT2D eigenvalue weighted by Crippen LogP contribution is 2.28.